The van der Waals surface area contributed by atoms with Crippen molar-refractivity contribution in [3.8, 4) is 0 Å². The summed E-state index contributed by atoms with van der Waals surface area (Å²) in [6.45, 7) is 4.63. The van der Waals surface area contributed by atoms with Crippen molar-refractivity contribution in [3.63, 3.8) is 0 Å². The van der Waals surface area contributed by atoms with Crippen LogP contribution in [0.4, 0.5) is 0 Å². The first-order valence-electron chi connectivity index (χ1n) is 3.97. The van der Waals surface area contributed by atoms with Crippen LogP contribution in [0, 0.1) is 5.92 Å². The average molecular weight is 189 g/mol. The summed E-state index contributed by atoms with van der Waals surface area (Å²) in [7, 11) is 0. The monoisotopic (exact) mass is 189 g/mol. The lowest BCUT2D eigenvalue weighted by Gasteiger charge is -2.29. The number of carboxylic acid groups (broad SMARTS) is 2. The number of carboxylic acids is 2. The minimum absolute atomic E-state index is 0.232. The maximum atomic E-state index is 10.6. The largest absolute Gasteiger partial charge is 0.481 e. The maximum Gasteiger partial charge on any atom is 0.317 e. The molecule has 0 fully saturated rings. The minimum Gasteiger partial charge on any atom is -0.481 e. The zero-order chi connectivity index (χ0) is 10.6. The van der Waals surface area contributed by atoms with Crippen molar-refractivity contribution in [2.75, 3.05) is 6.54 Å². The molecule has 0 aliphatic carbocycles. The lowest BCUT2D eigenvalue weighted by molar-refractivity contribution is -0.144. The van der Waals surface area contributed by atoms with Gasteiger partial charge in [0.15, 0.2) is 0 Å². The molecular formula is C8H15NO4. The van der Waals surface area contributed by atoms with E-state index in [-0.39, 0.29) is 6.54 Å². The summed E-state index contributed by atoms with van der Waals surface area (Å²) < 4.78 is 0. The van der Waals surface area contributed by atoms with E-state index in [0.717, 1.165) is 0 Å². The van der Waals surface area contributed by atoms with E-state index >= 15 is 0 Å². The fourth-order valence-corrected chi connectivity index (χ4v) is 0.765. The molecule has 13 heavy (non-hydrogen) atoms. The summed E-state index contributed by atoms with van der Waals surface area (Å²) in [5.74, 6) is -2.57. The topological polar surface area (TPSA) is 86.6 Å². The summed E-state index contributed by atoms with van der Waals surface area (Å²) in [6.07, 6.45) is 0. The van der Waals surface area contributed by atoms with Gasteiger partial charge in [-0.05, 0) is 13.8 Å². The van der Waals surface area contributed by atoms with E-state index < -0.39 is 23.4 Å². The van der Waals surface area contributed by atoms with Crippen molar-refractivity contribution in [2.24, 2.45) is 5.92 Å². The molecule has 0 radical (unpaired) electrons. The second-order valence-corrected chi connectivity index (χ2v) is 3.53. The molecule has 0 aromatic heterocycles. The molecule has 0 spiro atoms. The van der Waals surface area contributed by atoms with Crippen molar-refractivity contribution in [2.45, 2.75) is 26.3 Å². The zero-order valence-corrected chi connectivity index (χ0v) is 8.00. The first-order chi connectivity index (χ1) is 5.77. The van der Waals surface area contributed by atoms with E-state index in [9.17, 15) is 9.59 Å². The van der Waals surface area contributed by atoms with Gasteiger partial charge in [0.1, 0.15) is 0 Å². The summed E-state index contributed by atoms with van der Waals surface area (Å²) >= 11 is 0. The van der Waals surface area contributed by atoms with Gasteiger partial charge in [-0.1, -0.05) is 6.92 Å². The lowest BCUT2D eigenvalue weighted by Crippen LogP contribution is -2.49. The molecule has 3 N–H and O–H groups in total. The molecule has 1 atom stereocenters. The van der Waals surface area contributed by atoms with E-state index in [1.54, 1.807) is 13.8 Å². The number of hydrogen-bond acceptors (Lipinski definition) is 3. The number of carbonyl (C=O) groups is 2. The molecule has 0 heterocycles. The molecule has 0 saturated carbocycles. The molecule has 0 rings (SSSR count). The Bertz CT molecular complexity index is 212. The number of hydrogen-bond donors (Lipinski definition) is 3. The molecule has 0 aromatic carbocycles. The van der Waals surface area contributed by atoms with E-state index in [4.69, 9.17) is 10.2 Å². The number of nitrogens with one attached hydrogen (secondary N) is 1. The summed E-state index contributed by atoms with van der Waals surface area (Å²) in [6, 6.07) is 0. The predicted octanol–water partition coefficient (Wildman–Crippen LogP) is 0.160. The normalized spacial score (nSPS) is 13.8. The molecule has 1 unspecified atom stereocenters. The van der Waals surface area contributed by atoms with Gasteiger partial charge in [-0.25, -0.2) is 0 Å². The van der Waals surface area contributed by atoms with Gasteiger partial charge >= 0.3 is 11.9 Å². The molecule has 76 valence electrons. The van der Waals surface area contributed by atoms with Crippen molar-refractivity contribution in [3.05, 3.63) is 0 Å². The van der Waals surface area contributed by atoms with Crippen molar-refractivity contribution < 1.29 is 19.8 Å². The van der Waals surface area contributed by atoms with Crippen molar-refractivity contribution in [1.29, 1.82) is 0 Å². The lowest BCUT2D eigenvalue weighted by atomic mass is 9.89. The average Bonchev–Trinajstić information content (AvgIpc) is 1.99. The standard InChI is InChI=1S/C8H15NO4/c1-5(7(12)13)8(2,3)9-4-6(10)11/h5,9H,4H2,1-3H3,(H,10,11)(H,12,13). The number of aliphatic carboxylic acids is 2. The third-order valence-electron chi connectivity index (χ3n) is 2.15. The Kier molecular flexibility index (Phi) is 3.87. The Morgan fingerprint density at radius 3 is 2.15 bits per heavy atom. The third kappa shape index (κ3) is 3.89. The van der Waals surface area contributed by atoms with Crippen LogP contribution in [0.5, 0.6) is 0 Å². The number of rotatable bonds is 5. The fraction of sp³-hybridized carbons (Fsp3) is 0.750. The molecule has 0 bridgehead atoms. The SMILES string of the molecule is CC(C(=O)O)C(C)(C)NCC(=O)O. The van der Waals surface area contributed by atoms with Gasteiger partial charge in [-0.3, -0.25) is 9.59 Å². The Morgan fingerprint density at radius 1 is 1.38 bits per heavy atom. The van der Waals surface area contributed by atoms with Gasteiger partial charge in [0.25, 0.3) is 0 Å². The molecule has 0 saturated heterocycles. The van der Waals surface area contributed by atoms with Crippen LogP contribution >= 0.6 is 0 Å². The minimum atomic E-state index is -0.995. The van der Waals surface area contributed by atoms with Gasteiger partial charge in [0, 0.05) is 5.54 Å². The smallest absolute Gasteiger partial charge is 0.317 e. The van der Waals surface area contributed by atoms with Crippen LogP contribution in [0.3, 0.4) is 0 Å². The Hall–Kier alpha value is -1.10. The molecule has 0 amide bonds. The van der Waals surface area contributed by atoms with Crippen LogP contribution in [-0.2, 0) is 9.59 Å². The van der Waals surface area contributed by atoms with Gasteiger partial charge in [0.2, 0.25) is 0 Å². The zero-order valence-electron chi connectivity index (χ0n) is 8.00. The highest BCUT2D eigenvalue weighted by atomic mass is 16.4. The van der Waals surface area contributed by atoms with Crippen molar-refractivity contribution >= 4 is 11.9 Å². The van der Waals surface area contributed by atoms with Gasteiger partial charge in [-0.15, -0.1) is 0 Å². The van der Waals surface area contributed by atoms with Crippen LogP contribution in [0.15, 0.2) is 0 Å². The highest BCUT2D eigenvalue weighted by molar-refractivity contribution is 5.72. The Labute approximate surface area is 76.8 Å². The Balaban J connectivity index is 4.21. The molecule has 5 nitrogen and oxygen atoms in total. The van der Waals surface area contributed by atoms with E-state index in [2.05, 4.69) is 5.32 Å². The predicted molar refractivity (Wildman–Crippen MR) is 46.5 cm³/mol. The second kappa shape index (κ2) is 4.23. The molecule has 5 heteroatoms. The van der Waals surface area contributed by atoms with Crippen LogP contribution in [0.2, 0.25) is 0 Å². The molecule has 0 aliphatic heterocycles. The quantitative estimate of drug-likeness (QED) is 0.573. The van der Waals surface area contributed by atoms with Crippen LogP contribution in [-0.4, -0.2) is 34.2 Å². The third-order valence-corrected chi connectivity index (χ3v) is 2.15. The van der Waals surface area contributed by atoms with E-state index in [0.29, 0.717) is 0 Å². The van der Waals surface area contributed by atoms with Crippen LogP contribution in [0.25, 0.3) is 0 Å². The van der Waals surface area contributed by atoms with Crippen LogP contribution < -0.4 is 5.32 Å². The van der Waals surface area contributed by atoms with E-state index in [1.165, 1.54) is 6.92 Å². The van der Waals surface area contributed by atoms with Crippen LogP contribution in [0.1, 0.15) is 20.8 Å². The molecule has 0 aliphatic rings. The highest BCUT2D eigenvalue weighted by Gasteiger charge is 2.31. The van der Waals surface area contributed by atoms with Gasteiger partial charge in [0.05, 0.1) is 12.5 Å². The first kappa shape index (κ1) is 11.9. The van der Waals surface area contributed by atoms with E-state index in [1.807, 2.05) is 0 Å². The summed E-state index contributed by atoms with van der Waals surface area (Å²) in [5.41, 5.74) is -0.718. The highest BCUT2D eigenvalue weighted by Crippen LogP contribution is 2.15. The fourth-order valence-electron chi connectivity index (χ4n) is 0.765. The van der Waals surface area contributed by atoms with Gasteiger partial charge < -0.3 is 15.5 Å². The molecular weight excluding hydrogens is 174 g/mol. The summed E-state index contributed by atoms with van der Waals surface area (Å²) in [5, 5.41) is 19.7. The van der Waals surface area contributed by atoms with Gasteiger partial charge in [-0.2, -0.15) is 0 Å². The second-order valence-electron chi connectivity index (χ2n) is 3.53. The Morgan fingerprint density at radius 2 is 1.85 bits per heavy atom. The van der Waals surface area contributed by atoms with Crippen molar-refractivity contribution in [1.82, 2.24) is 5.32 Å². The molecule has 0 aromatic rings. The first-order valence-corrected chi connectivity index (χ1v) is 3.97. The maximum absolute atomic E-state index is 10.6. The summed E-state index contributed by atoms with van der Waals surface area (Å²) in [4.78, 5) is 20.8.